The summed E-state index contributed by atoms with van der Waals surface area (Å²) >= 11 is 7.15. The fraction of sp³-hybridized carbons (Fsp3) is 0.429. The van der Waals surface area contributed by atoms with Gasteiger partial charge in [0.2, 0.25) is 0 Å². The smallest absolute Gasteiger partial charge is 0.327 e. The Labute approximate surface area is 131 Å². The van der Waals surface area contributed by atoms with Gasteiger partial charge in [0.05, 0.1) is 10.4 Å². The number of thioether (sulfide) groups is 1. The van der Waals surface area contributed by atoms with Crippen LogP contribution >= 0.6 is 23.4 Å². The summed E-state index contributed by atoms with van der Waals surface area (Å²) in [6, 6.07) is 2.82. The molecule has 0 spiro atoms. The monoisotopic (exact) mass is 331 g/mol. The number of halogens is 2. The first-order chi connectivity index (χ1) is 9.95. The molecule has 1 fully saturated rings. The van der Waals surface area contributed by atoms with E-state index in [1.54, 1.807) is 0 Å². The van der Waals surface area contributed by atoms with Crippen LogP contribution in [0.2, 0.25) is 5.02 Å². The second kappa shape index (κ2) is 6.66. The summed E-state index contributed by atoms with van der Waals surface area (Å²) in [6.07, 6.45) is 1.56. The van der Waals surface area contributed by atoms with E-state index in [0.29, 0.717) is 5.75 Å². The summed E-state index contributed by atoms with van der Waals surface area (Å²) < 4.78 is 13.2. The van der Waals surface area contributed by atoms with Crippen LogP contribution in [0.25, 0.3) is 0 Å². The summed E-state index contributed by atoms with van der Waals surface area (Å²) in [5, 5.41) is 8.95. The number of rotatable bonds is 4. The minimum absolute atomic E-state index is 0.147. The summed E-state index contributed by atoms with van der Waals surface area (Å²) in [5.74, 6) is -1.69. The highest BCUT2D eigenvalue weighted by Crippen LogP contribution is 2.34. The first-order valence-electron chi connectivity index (χ1n) is 6.57. The molecular formula is C14H15ClFNO3S. The van der Waals surface area contributed by atoms with Crippen LogP contribution in [-0.4, -0.2) is 39.1 Å². The summed E-state index contributed by atoms with van der Waals surface area (Å²) in [4.78, 5) is 25.3. The van der Waals surface area contributed by atoms with Crippen LogP contribution in [0, 0.1) is 5.82 Å². The number of carboxylic acid groups (broad SMARTS) is 1. The third-order valence-electron chi connectivity index (χ3n) is 3.31. The molecule has 2 rings (SSSR count). The van der Waals surface area contributed by atoms with Gasteiger partial charge in [0.15, 0.2) is 0 Å². The number of aliphatic carboxylic acids is 1. The number of nitrogens with zero attached hydrogens (tertiary/aromatic N) is 1. The van der Waals surface area contributed by atoms with Crippen molar-refractivity contribution in [1.29, 1.82) is 0 Å². The number of carboxylic acids is 1. The second-order valence-corrected chi connectivity index (χ2v) is 6.39. The summed E-state index contributed by atoms with van der Waals surface area (Å²) in [7, 11) is 0. The molecule has 0 bridgehead atoms. The lowest BCUT2D eigenvalue weighted by Crippen LogP contribution is -2.45. The van der Waals surface area contributed by atoms with Crippen molar-refractivity contribution < 1.29 is 19.1 Å². The molecule has 2 atom stereocenters. The number of hydrogen-bond acceptors (Lipinski definition) is 3. The zero-order valence-electron chi connectivity index (χ0n) is 11.4. The zero-order valence-corrected chi connectivity index (χ0v) is 13.0. The van der Waals surface area contributed by atoms with Crippen molar-refractivity contribution in [3.63, 3.8) is 0 Å². The summed E-state index contributed by atoms with van der Waals surface area (Å²) in [6.45, 7) is 1.98. The van der Waals surface area contributed by atoms with Crippen LogP contribution in [0.4, 0.5) is 4.39 Å². The molecule has 1 aliphatic heterocycles. The van der Waals surface area contributed by atoms with E-state index in [0.717, 1.165) is 18.9 Å². The van der Waals surface area contributed by atoms with Gasteiger partial charge in [0.1, 0.15) is 11.9 Å². The lowest BCUT2D eigenvalue weighted by atomic mass is 10.1. The Kier molecular flexibility index (Phi) is 5.11. The molecule has 2 unspecified atom stereocenters. The van der Waals surface area contributed by atoms with Crippen LogP contribution < -0.4 is 0 Å². The molecule has 1 saturated heterocycles. The van der Waals surface area contributed by atoms with Gasteiger partial charge in [-0.15, -0.1) is 11.8 Å². The largest absolute Gasteiger partial charge is 0.480 e. The number of amides is 1. The standard InChI is InChI=1S/C14H15ClFNO3S/c1-2-3-12-17(11(7-21-12)14(19)20)13(18)8-4-5-10(16)9(15)6-8/h4-6,11-12H,2-3,7H2,1H3,(H,19,20). The molecule has 1 amide bonds. The number of hydrogen-bond donors (Lipinski definition) is 1. The van der Waals surface area contributed by atoms with Gasteiger partial charge in [-0.3, -0.25) is 4.79 Å². The maximum atomic E-state index is 13.2. The van der Waals surface area contributed by atoms with Crippen LogP contribution in [0.3, 0.4) is 0 Å². The van der Waals surface area contributed by atoms with Crippen molar-refractivity contribution in [2.24, 2.45) is 0 Å². The van der Waals surface area contributed by atoms with Gasteiger partial charge in [0.25, 0.3) is 5.91 Å². The van der Waals surface area contributed by atoms with E-state index in [9.17, 15) is 19.1 Å². The van der Waals surface area contributed by atoms with Gasteiger partial charge in [-0.05, 0) is 24.6 Å². The molecule has 0 saturated carbocycles. The molecule has 4 nitrogen and oxygen atoms in total. The molecule has 0 aliphatic carbocycles. The van der Waals surface area contributed by atoms with E-state index < -0.39 is 23.7 Å². The first-order valence-corrected chi connectivity index (χ1v) is 8.00. The fourth-order valence-corrected chi connectivity index (χ4v) is 3.97. The van der Waals surface area contributed by atoms with Crippen molar-refractivity contribution in [3.8, 4) is 0 Å². The highest BCUT2D eigenvalue weighted by atomic mass is 35.5. The van der Waals surface area contributed by atoms with Crippen molar-refractivity contribution in [2.45, 2.75) is 31.2 Å². The van der Waals surface area contributed by atoms with Crippen LogP contribution in [0.1, 0.15) is 30.1 Å². The average molecular weight is 332 g/mol. The van der Waals surface area contributed by atoms with Crippen molar-refractivity contribution >= 4 is 35.2 Å². The highest BCUT2D eigenvalue weighted by Gasteiger charge is 2.41. The summed E-state index contributed by atoms with van der Waals surface area (Å²) in [5.41, 5.74) is 0.205. The van der Waals surface area contributed by atoms with Gasteiger partial charge in [-0.25, -0.2) is 9.18 Å². The predicted octanol–water partition coefficient (Wildman–Crippen LogP) is 3.25. The van der Waals surface area contributed by atoms with Crippen molar-refractivity contribution in [3.05, 3.63) is 34.6 Å². The van der Waals surface area contributed by atoms with Crippen molar-refractivity contribution in [1.82, 2.24) is 4.90 Å². The lowest BCUT2D eigenvalue weighted by Gasteiger charge is -2.27. The zero-order chi connectivity index (χ0) is 15.6. The Morgan fingerprint density at radius 3 is 2.81 bits per heavy atom. The maximum Gasteiger partial charge on any atom is 0.327 e. The van der Waals surface area contributed by atoms with Gasteiger partial charge in [-0.2, -0.15) is 0 Å². The molecule has 1 aromatic rings. The lowest BCUT2D eigenvalue weighted by molar-refractivity contribution is -0.141. The molecule has 1 aromatic carbocycles. The van der Waals surface area contributed by atoms with Crippen LogP contribution in [-0.2, 0) is 4.79 Å². The fourth-order valence-electron chi connectivity index (χ4n) is 2.27. The Balaban J connectivity index is 2.31. The molecule has 0 aromatic heterocycles. The Bertz CT molecular complexity index is 569. The Morgan fingerprint density at radius 1 is 1.52 bits per heavy atom. The van der Waals surface area contributed by atoms with Crippen LogP contribution in [0.15, 0.2) is 18.2 Å². The minimum atomic E-state index is -1.03. The normalized spacial score (nSPS) is 21.6. The first kappa shape index (κ1) is 16.1. The van der Waals surface area contributed by atoms with Gasteiger partial charge < -0.3 is 10.0 Å². The van der Waals surface area contributed by atoms with Crippen molar-refractivity contribution in [2.75, 3.05) is 5.75 Å². The molecule has 114 valence electrons. The van der Waals surface area contributed by atoms with Gasteiger partial charge in [-0.1, -0.05) is 24.9 Å². The highest BCUT2D eigenvalue weighted by molar-refractivity contribution is 8.00. The molecule has 1 N–H and O–H groups in total. The molecule has 1 aliphatic rings. The van der Waals surface area contributed by atoms with Gasteiger partial charge >= 0.3 is 5.97 Å². The Hall–Kier alpha value is -1.27. The van der Waals surface area contributed by atoms with E-state index in [2.05, 4.69) is 0 Å². The molecule has 1 heterocycles. The number of carbonyl (C=O) groups is 2. The third kappa shape index (κ3) is 3.32. The SMILES string of the molecule is CCCC1SCC(C(=O)O)N1C(=O)c1ccc(F)c(Cl)c1. The minimum Gasteiger partial charge on any atom is -0.480 e. The quantitative estimate of drug-likeness (QED) is 0.920. The second-order valence-electron chi connectivity index (χ2n) is 4.77. The third-order valence-corrected chi connectivity index (χ3v) is 4.96. The van der Waals surface area contributed by atoms with E-state index in [1.165, 1.54) is 28.8 Å². The maximum absolute atomic E-state index is 13.2. The van der Waals surface area contributed by atoms with Gasteiger partial charge in [0, 0.05) is 11.3 Å². The molecule has 7 heteroatoms. The van der Waals surface area contributed by atoms with E-state index in [-0.39, 0.29) is 16.0 Å². The molecule has 0 radical (unpaired) electrons. The average Bonchev–Trinajstić information content (AvgIpc) is 2.85. The number of benzene rings is 1. The van der Waals surface area contributed by atoms with E-state index in [1.807, 2.05) is 6.92 Å². The van der Waals surface area contributed by atoms with E-state index in [4.69, 9.17) is 11.6 Å². The van der Waals surface area contributed by atoms with E-state index >= 15 is 0 Å². The molecular weight excluding hydrogens is 317 g/mol. The van der Waals surface area contributed by atoms with Crippen LogP contribution in [0.5, 0.6) is 0 Å². The Morgan fingerprint density at radius 2 is 2.24 bits per heavy atom. The predicted molar refractivity (Wildman–Crippen MR) is 80.2 cm³/mol. The number of carbonyl (C=O) groups excluding carboxylic acids is 1. The molecule has 21 heavy (non-hydrogen) atoms. The topological polar surface area (TPSA) is 57.6 Å².